The summed E-state index contributed by atoms with van der Waals surface area (Å²) in [6.07, 6.45) is -7.88. The van der Waals surface area contributed by atoms with Crippen molar-refractivity contribution < 1.29 is 74.1 Å². The van der Waals surface area contributed by atoms with Crippen LogP contribution in [0.2, 0.25) is 0 Å². The van der Waals surface area contributed by atoms with Gasteiger partial charge in [0.2, 0.25) is 0 Å². The van der Waals surface area contributed by atoms with Crippen molar-refractivity contribution in [3.8, 4) is 0 Å². The number of aliphatic hydroxyl groups is 8. The van der Waals surface area contributed by atoms with Gasteiger partial charge in [-0.3, -0.25) is 4.79 Å². The van der Waals surface area contributed by atoms with E-state index < -0.39 is 97.0 Å². The number of carbonyl (C=O) groups is 1. The highest BCUT2D eigenvalue weighted by molar-refractivity contribution is 5.65. The highest BCUT2D eigenvalue weighted by atomic mass is 16.7. The quantitative estimate of drug-likeness (QED) is 0.0941. The van der Waals surface area contributed by atoms with Gasteiger partial charge in [0.05, 0.1) is 37.6 Å². The van der Waals surface area contributed by atoms with Gasteiger partial charge in [-0.2, -0.15) is 0 Å². The van der Waals surface area contributed by atoms with Gasteiger partial charge in [0, 0.05) is 30.8 Å². The predicted octanol–water partition coefficient (Wildman–Crippen LogP) is 1.96. The lowest BCUT2D eigenvalue weighted by atomic mass is 9.32. The zero-order valence-corrected chi connectivity index (χ0v) is 37.0. The fraction of sp³-hybridized carbons (Fsp3) is 0.933. The smallest absolute Gasteiger partial charge is 0.302 e. The first-order valence-corrected chi connectivity index (χ1v) is 22.3. The number of rotatable bonds is 9. The average Bonchev–Trinajstić information content (AvgIpc) is 3.19. The van der Waals surface area contributed by atoms with Crippen molar-refractivity contribution in [1.82, 2.24) is 0 Å². The molecule has 0 bridgehead atoms. The van der Waals surface area contributed by atoms with Gasteiger partial charge in [-0.25, -0.2) is 0 Å². The lowest BCUT2D eigenvalue weighted by Crippen LogP contribution is -2.70. The van der Waals surface area contributed by atoms with E-state index >= 15 is 0 Å². The Kier molecular flexibility index (Phi) is 12.7. The zero-order valence-electron chi connectivity index (χ0n) is 37.0. The van der Waals surface area contributed by atoms with Crippen LogP contribution in [0.5, 0.6) is 0 Å². The number of allylic oxidation sites excluding steroid dienone is 1. The van der Waals surface area contributed by atoms with E-state index in [1.807, 2.05) is 6.92 Å². The molecular formula is C45H74O15. The third kappa shape index (κ3) is 7.07. The Hall–Kier alpha value is -1.31. The van der Waals surface area contributed by atoms with E-state index in [0.29, 0.717) is 19.3 Å². The van der Waals surface area contributed by atoms with E-state index in [2.05, 4.69) is 40.7 Å². The molecule has 0 aromatic heterocycles. The fourth-order valence-corrected chi connectivity index (χ4v) is 14.2. The van der Waals surface area contributed by atoms with Crippen LogP contribution in [-0.4, -0.2) is 153 Å². The van der Waals surface area contributed by atoms with Gasteiger partial charge >= 0.3 is 5.97 Å². The first-order valence-electron chi connectivity index (χ1n) is 22.3. The highest BCUT2D eigenvalue weighted by Gasteiger charge is 2.72. The summed E-state index contributed by atoms with van der Waals surface area (Å²) in [5.41, 5.74) is -1.01. The topological polar surface area (TPSA) is 234 Å². The Morgan fingerprint density at radius 1 is 0.800 bits per heavy atom. The minimum atomic E-state index is -1.77. The van der Waals surface area contributed by atoms with Crippen molar-refractivity contribution >= 4 is 5.97 Å². The summed E-state index contributed by atoms with van der Waals surface area (Å²) in [4.78, 5) is 11.4. The molecule has 15 heteroatoms. The second-order valence-corrected chi connectivity index (χ2v) is 21.6. The summed E-state index contributed by atoms with van der Waals surface area (Å²) >= 11 is 0. The van der Waals surface area contributed by atoms with Crippen LogP contribution in [0, 0.1) is 50.2 Å². The second kappa shape index (κ2) is 16.3. The number of esters is 1. The van der Waals surface area contributed by atoms with E-state index in [9.17, 15) is 45.6 Å². The molecule has 8 N–H and O–H groups in total. The van der Waals surface area contributed by atoms with E-state index in [0.717, 1.165) is 32.1 Å². The zero-order chi connectivity index (χ0) is 44.1. The van der Waals surface area contributed by atoms with Crippen molar-refractivity contribution in [1.29, 1.82) is 0 Å². The fourth-order valence-electron chi connectivity index (χ4n) is 14.2. The largest absolute Gasteiger partial charge is 0.463 e. The molecule has 0 aromatic carbocycles. The third-order valence-corrected chi connectivity index (χ3v) is 17.9. The minimum absolute atomic E-state index is 0.0182. The first-order chi connectivity index (χ1) is 28.0. The molecule has 344 valence electrons. The summed E-state index contributed by atoms with van der Waals surface area (Å²) in [6.45, 7) is 15.7. The Labute approximate surface area is 354 Å². The molecule has 5 aliphatic carbocycles. The summed E-state index contributed by atoms with van der Waals surface area (Å²) in [5.74, 6) is -0.654. The van der Waals surface area contributed by atoms with Crippen LogP contribution < -0.4 is 0 Å². The van der Waals surface area contributed by atoms with Gasteiger partial charge in [-0.05, 0) is 91.8 Å². The summed E-state index contributed by atoms with van der Waals surface area (Å²) in [6, 6.07) is 0. The lowest BCUT2D eigenvalue weighted by molar-refractivity contribution is -0.368. The number of hydrogen-bond donors (Lipinski definition) is 8. The number of ether oxygens (including phenoxy) is 6. The summed E-state index contributed by atoms with van der Waals surface area (Å²) < 4.78 is 35.9. The van der Waals surface area contributed by atoms with E-state index in [4.69, 9.17) is 28.4 Å². The van der Waals surface area contributed by atoms with E-state index in [1.54, 1.807) is 14.0 Å². The normalized spacial score (nSPS) is 53.8. The van der Waals surface area contributed by atoms with Crippen LogP contribution in [0.4, 0.5) is 0 Å². The Morgan fingerprint density at radius 2 is 1.48 bits per heavy atom. The molecule has 2 heterocycles. The van der Waals surface area contributed by atoms with Crippen molar-refractivity contribution in [3.05, 3.63) is 11.6 Å². The molecule has 0 amide bonds. The van der Waals surface area contributed by atoms with Crippen LogP contribution >= 0.6 is 0 Å². The molecule has 7 rings (SSSR count). The number of aliphatic hydroxyl groups excluding tert-OH is 8. The van der Waals surface area contributed by atoms with Crippen LogP contribution in [0.15, 0.2) is 11.6 Å². The van der Waals surface area contributed by atoms with E-state index in [-0.39, 0.29) is 58.7 Å². The molecule has 15 nitrogen and oxygen atoms in total. The average molecular weight is 855 g/mol. The van der Waals surface area contributed by atoms with Crippen molar-refractivity contribution in [3.63, 3.8) is 0 Å². The van der Waals surface area contributed by atoms with Gasteiger partial charge in [0.1, 0.15) is 49.3 Å². The molecule has 6 fully saturated rings. The van der Waals surface area contributed by atoms with E-state index in [1.165, 1.54) is 12.5 Å². The maximum absolute atomic E-state index is 12.1. The number of hydrogen-bond acceptors (Lipinski definition) is 15. The molecule has 0 radical (unpaired) electrons. The van der Waals surface area contributed by atoms with Crippen LogP contribution in [0.1, 0.15) is 107 Å². The van der Waals surface area contributed by atoms with Crippen molar-refractivity contribution in [2.75, 3.05) is 26.9 Å². The molecule has 0 unspecified atom stereocenters. The van der Waals surface area contributed by atoms with Gasteiger partial charge < -0.3 is 69.3 Å². The minimum Gasteiger partial charge on any atom is -0.463 e. The maximum atomic E-state index is 12.1. The summed E-state index contributed by atoms with van der Waals surface area (Å²) in [7, 11) is 1.77. The molecule has 2 saturated heterocycles. The Balaban J connectivity index is 1.15. The SMILES string of the molecule is CO[C@@H]1C=C2[C@H]3CC(C)(C)CC[C@]3(CO)[C@@H](O)C[C@@]2(C)[C@]2(C)CC[C@H]3[C@](C)(CO)[C@@H](O[C@@H]4O[C@H](C)[C@H](O)[C@H](O[C@@H]5O[C@H](COC(C)=O)[C@@H](O)[C@H](O)[C@H]5O)[C@H]4O)CC[C@]3(C)[C@@H]12. The lowest BCUT2D eigenvalue weighted by Gasteiger charge is -2.73. The van der Waals surface area contributed by atoms with Crippen molar-refractivity contribution in [2.24, 2.45) is 50.2 Å². The molecule has 21 atom stereocenters. The Bertz CT molecular complexity index is 1610. The maximum Gasteiger partial charge on any atom is 0.302 e. The third-order valence-electron chi connectivity index (χ3n) is 17.9. The van der Waals surface area contributed by atoms with Gasteiger partial charge in [-0.15, -0.1) is 0 Å². The van der Waals surface area contributed by atoms with Crippen LogP contribution in [-0.2, 0) is 33.2 Å². The van der Waals surface area contributed by atoms with Gasteiger partial charge in [0.25, 0.3) is 0 Å². The van der Waals surface area contributed by atoms with Crippen LogP contribution in [0.25, 0.3) is 0 Å². The molecule has 60 heavy (non-hydrogen) atoms. The van der Waals surface area contributed by atoms with Gasteiger partial charge in [-0.1, -0.05) is 53.2 Å². The van der Waals surface area contributed by atoms with Crippen molar-refractivity contribution in [2.45, 2.75) is 186 Å². The molecule has 0 spiro atoms. The van der Waals surface area contributed by atoms with Crippen LogP contribution in [0.3, 0.4) is 0 Å². The number of fused-ring (bicyclic) bond motifs is 7. The molecule has 0 aromatic rings. The highest BCUT2D eigenvalue weighted by Crippen LogP contribution is 2.76. The molecule has 4 saturated carbocycles. The predicted molar refractivity (Wildman–Crippen MR) is 215 cm³/mol. The molecule has 2 aliphatic heterocycles. The van der Waals surface area contributed by atoms with Gasteiger partial charge in [0.15, 0.2) is 12.6 Å². The summed E-state index contributed by atoms with van der Waals surface area (Å²) in [5, 5.41) is 89.4. The standard InChI is InChI=1S/C45H74O15/c1-22-31(50)36(60-38-34(53)33(52)32(51)27(58-38)19-56-23(2)48)35(54)39(57-22)59-30-11-12-41(5)28(42(30,6)20-46)10-13-43(7)37(41)26(55-9)16-24-25-17-40(3,4)14-15-45(25,21-47)29(49)18-44(24,43)8/h16,22,25-39,46-47,49-54H,10-15,17-21H2,1-9H3/t22-,25-,26-,27-,28-,29+,30+,31+,32-,33+,34-,35-,36+,37-,38+,39+,41+,42+,43-,44-,45-/m1/s1. The molecular weight excluding hydrogens is 780 g/mol. The number of methoxy groups -OCH3 is 1. The second-order valence-electron chi connectivity index (χ2n) is 21.6. The molecule has 7 aliphatic rings. The Morgan fingerprint density at radius 3 is 2.12 bits per heavy atom. The first kappa shape index (κ1) is 46.7. The number of carbonyl (C=O) groups excluding carboxylic acids is 1. The monoisotopic (exact) mass is 855 g/mol.